The van der Waals surface area contributed by atoms with Gasteiger partial charge in [0.25, 0.3) is 0 Å². The van der Waals surface area contributed by atoms with E-state index in [1.165, 1.54) is 0 Å². The second-order valence-electron chi connectivity index (χ2n) is 4.64. The van der Waals surface area contributed by atoms with Gasteiger partial charge in [0.15, 0.2) is 0 Å². The lowest BCUT2D eigenvalue weighted by molar-refractivity contribution is -0.128. The molecule has 116 valence electrons. The van der Waals surface area contributed by atoms with Crippen molar-refractivity contribution in [1.82, 2.24) is 10.6 Å². The second-order valence-corrected chi connectivity index (χ2v) is 5.07. The van der Waals surface area contributed by atoms with Gasteiger partial charge in [-0.2, -0.15) is 0 Å². The number of rotatable bonds is 8. The summed E-state index contributed by atoms with van der Waals surface area (Å²) in [5.74, 6) is 0.209. The van der Waals surface area contributed by atoms with Crippen LogP contribution < -0.4 is 15.4 Å². The summed E-state index contributed by atoms with van der Waals surface area (Å²) in [7, 11) is 0. The van der Waals surface area contributed by atoms with Gasteiger partial charge < -0.3 is 15.4 Å². The molecule has 1 aromatic rings. The zero-order chi connectivity index (χ0) is 15.7. The van der Waals surface area contributed by atoms with Crippen molar-refractivity contribution >= 4 is 23.4 Å². The van der Waals surface area contributed by atoms with Crippen molar-refractivity contribution in [3.05, 3.63) is 29.3 Å². The number of hydrogen-bond acceptors (Lipinski definition) is 3. The van der Waals surface area contributed by atoms with Crippen LogP contribution in [0.1, 0.15) is 26.7 Å². The summed E-state index contributed by atoms with van der Waals surface area (Å²) in [6.45, 7) is 4.46. The third-order valence-electron chi connectivity index (χ3n) is 2.71. The minimum Gasteiger partial charge on any atom is -0.493 e. The lowest BCUT2D eigenvalue weighted by Gasteiger charge is -2.14. The van der Waals surface area contributed by atoms with Crippen molar-refractivity contribution in [2.24, 2.45) is 0 Å². The van der Waals surface area contributed by atoms with Gasteiger partial charge in [-0.15, -0.1) is 0 Å². The first-order chi connectivity index (χ1) is 10.0. The standard InChI is InChI=1S/C15H21ClN2O3/c1-3-8-17-15(20)11(2)18-14(19)7-9-21-13-6-4-5-12(16)10-13/h4-6,10-11H,3,7-9H2,1-2H3,(H,17,20)(H,18,19)/t11-/m0/s1. The van der Waals surface area contributed by atoms with E-state index >= 15 is 0 Å². The highest BCUT2D eigenvalue weighted by molar-refractivity contribution is 6.30. The molecule has 0 unspecified atom stereocenters. The number of nitrogens with one attached hydrogen (secondary N) is 2. The SMILES string of the molecule is CCCNC(=O)[C@H](C)NC(=O)CCOc1cccc(Cl)c1. The molecule has 0 aromatic heterocycles. The molecule has 0 radical (unpaired) electrons. The smallest absolute Gasteiger partial charge is 0.242 e. The van der Waals surface area contributed by atoms with Crippen LogP contribution in [0.25, 0.3) is 0 Å². The van der Waals surface area contributed by atoms with Crippen LogP contribution >= 0.6 is 11.6 Å². The van der Waals surface area contributed by atoms with Gasteiger partial charge in [-0.1, -0.05) is 24.6 Å². The highest BCUT2D eigenvalue weighted by Crippen LogP contribution is 2.17. The quantitative estimate of drug-likeness (QED) is 0.773. The van der Waals surface area contributed by atoms with Crippen LogP contribution in [0, 0.1) is 0 Å². The molecule has 0 bridgehead atoms. The Hall–Kier alpha value is -1.75. The van der Waals surface area contributed by atoms with Crippen molar-refractivity contribution in [3.63, 3.8) is 0 Å². The van der Waals surface area contributed by atoms with Crippen molar-refractivity contribution < 1.29 is 14.3 Å². The summed E-state index contributed by atoms with van der Waals surface area (Å²) in [5, 5.41) is 5.94. The van der Waals surface area contributed by atoms with Crippen molar-refractivity contribution in [2.45, 2.75) is 32.7 Å². The van der Waals surface area contributed by atoms with Gasteiger partial charge in [-0.05, 0) is 31.5 Å². The van der Waals surface area contributed by atoms with Gasteiger partial charge in [0.1, 0.15) is 11.8 Å². The number of halogens is 1. The minimum absolute atomic E-state index is 0.178. The first kappa shape index (κ1) is 17.3. The van der Waals surface area contributed by atoms with Gasteiger partial charge in [0.05, 0.1) is 13.0 Å². The van der Waals surface area contributed by atoms with Gasteiger partial charge in [-0.25, -0.2) is 0 Å². The average Bonchev–Trinajstić information content (AvgIpc) is 2.44. The Kier molecular flexibility index (Phi) is 7.61. The zero-order valence-corrected chi connectivity index (χ0v) is 13.1. The van der Waals surface area contributed by atoms with Crippen molar-refractivity contribution in [2.75, 3.05) is 13.2 Å². The Morgan fingerprint density at radius 2 is 2.14 bits per heavy atom. The maximum Gasteiger partial charge on any atom is 0.242 e. The van der Waals surface area contributed by atoms with E-state index < -0.39 is 6.04 Å². The third kappa shape index (κ3) is 6.99. The lowest BCUT2D eigenvalue weighted by atomic mass is 10.3. The predicted octanol–water partition coefficient (Wildman–Crippen LogP) is 2.14. The van der Waals surface area contributed by atoms with Gasteiger partial charge in [-0.3, -0.25) is 9.59 Å². The van der Waals surface area contributed by atoms with E-state index in [0.29, 0.717) is 17.3 Å². The van der Waals surface area contributed by atoms with Crippen LogP contribution in [-0.4, -0.2) is 31.0 Å². The molecule has 2 amide bonds. The minimum atomic E-state index is -0.546. The van der Waals surface area contributed by atoms with E-state index in [9.17, 15) is 9.59 Å². The number of ether oxygens (including phenoxy) is 1. The summed E-state index contributed by atoms with van der Waals surface area (Å²) >= 11 is 5.83. The number of hydrogen-bond donors (Lipinski definition) is 2. The largest absolute Gasteiger partial charge is 0.493 e. The first-order valence-electron chi connectivity index (χ1n) is 6.98. The van der Waals surface area contributed by atoms with Gasteiger partial charge >= 0.3 is 0 Å². The van der Waals surface area contributed by atoms with Crippen LogP contribution in [0.2, 0.25) is 5.02 Å². The van der Waals surface area contributed by atoms with E-state index in [0.717, 1.165) is 6.42 Å². The predicted molar refractivity (Wildman–Crippen MR) is 82.5 cm³/mol. The topological polar surface area (TPSA) is 67.4 Å². The molecule has 21 heavy (non-hydrogen) atoms. The summed E-state index contributed by atoms with van der Waals surface area (Å²) in [4.78, 5) is 23.3. The highest BCUT2D eigenvalue weighted by atomic mass is 35.5. The van der Waals surface area contributed by atoms with E-state index in [1.54, 1.807) is 31.2 Å². The first-order valence-corrected chi connectivity index (χ1v) is 7.36. The number of amides is 2. The molecule has 0 aliphatic carbocycles. The lowest BCUT2D eigenvalue weighted by Crippen LogP contribution is -2.45. The van der Waals surface area contributed by atoms with Crippen LogP contribution in [0.15, 0.2) is 24.3 Å². The molecule has 1 rings (SSSR count). The summed E-state index contributed by atoms with van der Waals surface area (Å²) in [5.41, 5.74) is 0. The molecule has 0 aliphatic rings. The fraction of sp³-hybridized carbons (Fsp3) is 0.467. The molecule has 0 saturated carbocycles. The molecule has 1 aromatic carbocycles. The number of carbonyl (C=O) groups excluding carboxylic acids is 2. The maximum absolute atomic E-state index is 11.7. The van der Waals surface area contributed by atoms with Crippen LogP contribution in [0.5, 0.6) is 5.75 Å². The molecular formula is C15H21ClN2O3. The monoisotopic (exact) mass is 312 g/mol. The highest BCUT2D eigenvalue weighted by Gasteiger charge is 2.14. The molecular weight excluding hydrogens is 292 g/mol. The number of benzene rings is 1. The molecule has 5 nitrogen and oxygen atoms in total. The molecule has 0 aliphatic heterocycles. The van der Waals surface area contributed by atoms with E-state index in [1.807, 2.05) is 6.92 Å². The Labute approximate surface area is 130 Å². The van der Waals surface area contributed by atoms with Crippen molar-refractivity contribution in [1.29, 1.82) is 0 Å². The normalized spacial score (nSPS) is 11.6. The molecule has 0 saturated heterocycles. The van der Waals surface area contributed by atoms with Crippen LogP contribution in [0.4, 0.5) is 0 Å². The molecule has 1 atom stereocenters. The Bertz CT molecular complexity index is 480. The Morgan fingerprint density at radius 3 is 2.81 bits per heavy atom. The maximum atomic E-state index is 11.7. The van der Waals surface area contributed by atoms with Gasteiger partial charge in [0, 0.05) is 11.6 Å². The molecule has 0 spiro atoms. The van der Waals surface area contributed by atoms with E-state index in [2.05, 4.69) is 10.6 Å². The third-order valence-corrected chi connectivity index (χ3v) is 2.95. The summed E-state index contributed by atoms with van der Waals surface area (Å²) in [6.07, 6.45) is 1.04. The fourth-order valence-electron chi connectivity index (χ4n) is 1.60. The molecule has 6 heteroatoms. The molecule has 0 fully saturated rings. The van der Waals surface area contributed by atoms with E-state index in [-0.39, 0.29) is 24.8 Å². The Morgan fingerprint density at radius 1 is 1.38 bits per heavy atom. The van der Waals surface area contributed by atoms with Crippen LogP contribution in [0.3, 0.4) is 0 Å². The summed E-state index contributed by atoms with van der Waals surface area (Å²) in [6, 6.07) is 6.43. The average molecular weight is 313 g/mol. The summed E-state index contributed by atoms with van der Waals surface area (Å²) < 4.78 is 5.42. The van der Waals surface area contributed by atoms with E-state index in [4.69, 9.17) is 16.3 Å². The fourth-order valence-corrected chi connectivity index (χ4v) is 1.78. The Balaban J connectivity index is 2.26. The van der Waals surface area contributed by atoms with Crippen molar-refractivity contribution in [3.8, 4) is 5.75 Å². The molecule has 0 heterocycles. The van der Waals surface area contributed by atoms with Crippen LogP contribution in [-0.2, 0) is 9.59 Å². The second kappa shape index (κ2) is 9.23. The number of carbonyl (C=O) groups is 2. The van der Waals surface area contributed by atoms with Gasteiger partial charge in [0.2, 0.25) is 11.8 Å². The zero-order valence-electron chi connectivity index (χ0n) is 12.3. The molecule has 2 N–H and O–H groups in total.